The number of hydrogen-bond donors (Lipinski definition) is 1. The number of anilines is 1. The molecule has 0 spiro atoms. The van der Waals surface area contributed by atoms with Crippen LogP contribution in [-0.4, -0.2) is 32.0 Å². The molecule has 1 N–H and O–H groups in total. The summed E-state index contributed by atoms with van der Waals surface area (Å²) in [5.41, 5.74) is 0.431. The number of rotatable bonds is 5. The summed E-state index contributed by atoms with van der Waals surface area (Å²) >= 11 is 1.48. The van der Waals surface area contributed by atoms with Crippen LogP contribution in [0.15, 0.2) is 17.3 Å². The summed E-state index contributed by atoms with van der Waals surface area (Å²) in [6.07, 6.45) is 6.88. The molecule has 0 aliphatic heterocycles. The number of nitrogens with zero attached hydrogens (tertiary/aromatic N) is 1. The Morgan fingerprint density at radius 2 is 2.24 bits per heavy atom. The fourth-order valence-electron chi connectivity index (χ4n) is 1.31. The average Bonchev–Trinajstić information content (AvgIpc) is 3.00. The lowest BCUT2D eigenvalue weighted by Crippen LogP contribution is -2.10. The highest BCUT2D eigenvalue weighted by Crippen LogP contribution is 2.33. The van der Waals surface area contributed by atoms with Crippen LogP contribution in [0.5, 0.6) is 5.75 Å². The third-order valence-electron chi connectivity index (χ3n) is 2.13. The Morgan fingerprint density at radius 3 is 2.76 bits per heavy atom. The maximum absolute atomic E-state index is 11.1. The molecule has 1 aromatic rings. The van der Waals surface area contributed by atoms with Gasteiger partial charge in [0.1, 0.15) is 5.03 Å². The molecule has 1 aliphatic rings. The SMILES string of the molecule is CSc1ncc(NS(C)(=O)=O)cc1OC1CC1. The van der Waals surface area contributed by atoms with E-state index in [1.165, 1.54) is 18.0 Å². The van der Waals surface area contributed by atoms with Gasteiger partial charge in [-0.3, -0.25) is 4.72 Å². The first-order valence-corrected chi connectivity index (χ1v) is 8.28. The largest absolute Gasteiger partial charge is 0.488 e. The van der Waals surface area contributed by atoms with Crippen molar-refractivity contribution in [3.8, 4) is 5.75 Å². The van der Waals surface area contributed by atoms with Crippen molar-refractivity contribution in [3.63, 3.8) is 0 Å². The predicted octanol–water partition coefficient (Wildman–Crippen LogP) is 1.72. The second-order valence-corrected chi connectivity index (χ2v) is 6.47. The zero-order valence-electron chi connectivity index (χ0n) is 9.63. The summed E-state index contributed by atoms with van der Waals surface area (Å²) in [5, 5.41) is 0.774. The van der Waals surface area contributed by atoms with Crippen LogP contribution in [0.2, 0.25) is 0 Å². The molecule has 1 heterocycles. The molecule has 17 heavy (non-hydrogen) atoms. The first-order valence-electron chi connectivity index (χ1n) is 5.16. The molecule has 0 bridgehead atoms. The molecule has 1 aromatic heterocycles. The number of sulfonamides is 1. The maximum atomic E-state index is 11.1. The number of nitrogens with one attached hydrogen (secondary N) is 1. The number of pyridine rings is 1. The molecule has 0 amide bonds. The van der Waals surface area contributed by atoms with Gasteiger partial charge in [0, 0.05) is 6.07 Å². The Balaban J connectivity index is 2.23. The number of ether oxygens (including phenoxy) is 1. The van der Waals surface area contributed by atoms with Crippen LogP contribution in [0, 0.1) is 0 Å². The fraction of sp³-hybridized carbons (Fsp3) is 0.500. The Labute approximate surface area is 105 Å². The highest BCUT2D eigenvalue weighted by Gasteiger charge is 2.25. The molecule has 1 aliphatic carbocycles. The van der Waals surface area contributed by atoms with Gasteiger partial charge in [0.05, 0.1) is 24.2 Å². The smallest absolute Gasteiger partial charge is 0.229 e. The molecule has 0 aromatic carbocycles. The van der Waals surface area contributed by atoms with Gasteiger partial charge in [0.2, 0.25) is 10.0 Å². The lowest BCUT2D eigenvalue weighted by atomic mass is 10.4. The molecule has 7 heteroatoms. The average molecular weight is 274 g/mol. The first kappa shape index (κ1) is 12.5. The van der Waals surface area contributed by atoms with Gasteiger partial charge in [0.25, 0.3) is 0 Å². The number of aromatic nitrogens is 1. The quantitative estimate of drug-likeness (QED) is 0.828. The lowest BCUT2D eigenvalue weighted by Gasteiger charge is -2.10. The maximum Gasteiger partial charge on any atom is 0.229 e. The van der Waals surface area contributed by atoms with Crippen LogP contribution in [0.3, 0.4) is 0 Å². The summed E-state index contributed by atoms with van der Waals surface area (Å²) in [6, 6.07) is 1.68. The minimum absolute atomic E-state index is 0.260. The van der Waals surface area contributed by atoms with E-state index in [1.54, 1.807) is 6.07 Å². The van der Waals surface area contributed by atoms with Crippen LogP contribution in [0.25, 0.3) is 0 Å². The van der Waals surface area contributed by atoms with E-state index in [0.29, 0.717) is 11.4 Å². The van der Waals surface area contributed by atoms with Gasteiger partial charge in [-0.15, -0.1) is 11.8 Å². The molecule has 0 radical (unpaired) electrons. The van der Waals surface area contributed by atoms with Gasteiger partial charge in [-0.2, -0.15) is 0 Å². The van der Waals surface area contributed by atoms with Crippen molar-refractivity contribution >= 4 is 27.5 Å². The van der Waals surface area contributed by atoms with Gasteiger partial charge in [-0.1, -0.05) is 0 Å². The highest BCUT2D eigenvalue weighted by atomic mass is 32.2. The zero-order chi connectivity index (χ0) is 12.5. The van der Waals surface area contributed by atoms with Crippen LogP contribution >= 0.6 is 11.8 Å². The van der Waals surface area contributed by atoms with E-state index in [1.807, 2.05) is 6.26 Å². The lowest BCUT2D eigenvalue weighted by molar-refractivity contribution is 0.294. The number of hydrogen-bond acceptors (Lipinski definition) is 5. The molecule has 0 saturated heterocycles. The van der Waals surface area contributed by atoms with Crippen LogP contribution < -0.4 is 9.46 Å². The van der Waals surface area contributed by atoms with Crippen molar-refractivity contribution in [2.24, 2.45) is 0 Å². The second kappa shape index (κ2) is 4.73. The van der Waals surface area contributed by atoms with E-state index < -0.39 is 10.0 Å². The van der Waals surface area contributed by atoms with Gasteiger partial charge in [0.15, 0.2) is 5.75 Å². The van der Waals surface area contributed by atoms with Gasteiger partial charge >= 0.3 is 0 Å². The topological polar surface area (TPSA) is 68.3 Å². The minimum atomic E-state index is -3.28. The molecule has 94 valence electrons. The highest BCUT2D eigenvalue weighted by molar-refractivity contribution is 7.98. The molecule has 1 saturated carbocycles. The standard InChI is InChI=1S/C10H14N2O3S2/c1-16-10-9(15-8-3-4-8)5-7(6-11-10)12-17(2,13)14/h5-6,8,12H,3-4H2,1-2H3. The predicted molar refractivity (Wildman–Crippen MR) is 68.1 cm³/mol. The Kier molecular flexibility index (Phi) is 3.48. The fourth-order valence-corrected chi connectivity index (χ4v) is 2.31. The molecule has 0 unspecified atom stereocenters. The first-order chi connectivity index (χ1) is 7.98. The monoisotopic (exact) mass is 274 g/mol. The molecule has 0 atom stereocenters. The van der Waals surface area contributed by atoms with E-state index in [9.17, 15) is 8.42 Å². The van der Waals surface area contributed by atoms with Crippen molar-refractivity contribution in [1.29, 1.82) is 0 Å². The van der Waals surface area contributed by atoms with E-state index in [4.69, 9.17) is 4.74 Å². The normalized spacial score (nSPS) is 15.6. The third-order valence-corrected chi connectivity index (χ3v) is 3.43. The van der Waals surface area contributed by atoms with E-state index in [0.717, 1.165) is 24.1 Å². The van der Waals surface area contributed by atoms with Gasteiger partial charge < -0.3 is 4.74 Å². The molecule has 1 fully saturated rings. The van der Waals surface area contributed by atoms with Crippen LogP contribution in [0.4, 0.5) is 5.69 Å². The van der Waals surface area contributed by atoms with Gasteiger partial charge in [-0.05, 0) is 19.1 Å². The molecule has 5 nitrogen and oxygen atoms in total. The van der Waals surface area contributed by atoms with Crippen molar-refractivity contribution in [2.45, 2.75) is 24.0 Å². The Hall–Kier alpha value is -0.950. The summed E-state index contributed by atoms with van der Waals surface area (Å²) in [7, 11) is -3.28. The zero-order valence-corrected chi connectivity index (χ0v) is 11.3. The van der Waals surface area contributed by atoms with E-state index in [-0.39, 0.29) is 6.10 Å². The second-order valence-electron chi connectivity index (χ2n) is 3.92. The third kappa shape index (κ3) is 3.78. The van der Waals surface area contributed by atoms with Crippen molar-refractivity contribution in [3.05, 3.63) is 12.3 Å². The molecular weight excluding hydrogens is 260 g/mol. The summed E-state index contributed by atoms with van der Waals surface area (Å²) < 4.78 is 30.3. The van der Waals surface area contributed by atoms with E-state index >= 15 is 0 Å². The van der Waals surface area contributed by atoms with Crippen molar-refractivity contribution in [2.75, 3.05) is 17.2 Å². The van der Waals surface area contributed by atoms with Crippen LogP contribution in [-0.2, 0) is 10.0 Å². The molecule has 2 rings (SSSR count). The van der Waals surface area contributed by atoms with Gasteiger partial charge in [-0.25, -0.2) is 13.4 Å². The molecular formula is C10H14N2O3S2. The minimum Gasteiger partial charge on any atom is -0.488 e. The van der Waals surface area contributed by atoms with Crippen LogP contribution in [0.1, 0.15) is 12.8 Å². The summed E-state index contributed by atoms with van der Waals surface area (Å²) in [6.45, 7) is 0. The van der Waals surface area contributed by atoms with Crippen molar-refractivity contribution < 1.29 is 13.2 Å². The van der Waals surface area contributed by atoms with E-state index in [2.05, 4.69) is 9.71 Å². The Morgan fingerprint density at radius 1 is 1.53 bits per heavy atom. The Bertz CT molecular complexity index is 512. The van der Waals surface area contributed by atoms with Crippen molar-refractivity contribution in [1.82, 2.24) is 4.98 Å². The number of thioether (sulfide) groups is 1. The summed E-state index contributed by atoms with van der Waals surface area (Å²) in [4.78, 5) is 4.17. The summed E-state index contributed by atoms with van der Waals surface area (Å²) in [5.74, 6) is 0.647.